The van der Waals surface area contributed by atoms with E-state index in [-0.39, 0.29) is 30.6 Å². The number of halogens is 1. The molecule has 0 radical (unpaired) electrons. The first-order chi connectivity index (χ1) is 16.0. The third-order valence-electron chi connectivity index (χ3n) is 5.88. The highest BCUT2D eigenvalue weighted by molar-refractivity contribution is 5.98. The van der Waals surface area contributed by atoms with Gasteiger partial charge in [0.1, 0.15) is 12.4 Å². The fourth-order valence-electron chi connectivity index (χ4n) is 3.95. The van der Waals surface area contributed by atoms with Crippen LogP contribution in [-0.4, -0.2) is 41.3 Å². The molecule has 0 bridgehead atoms. The number of anilines is 1. The number of amides is 2. The fraction of sp³-hybridized carbons (Fsp3) is 0.346. The molecule has 4 rings (SSSR count). The smallest absolute Gasteiger partial charge is 0.242 e. The summed E-state index contributed by atoms with van der Waals surface area (Å²) in [6.07, 6.45) is 5.19. The maximum absolute atomic E-state index is 13.2. The second-order valence-corrected chi connectivity index (χ2v) is 8.38. The second-order valence-electron chi connectivity index (χ2n) is 8.38. The molecule has 0 atom stereocenters. The Morgan fingerprint density at radius 3 is 2.42 bits per heavy atom. The molecule has 3 aromatic rings. The van der Waals surface area contributed by atoms with Crippen molar-refractivity contribution in [3.8, 4) is 11.3 Å². The van der Waals surface area contributed by atoms with Crippen LogP contribution in [0.5, 0.6) is 0 Å². The molecule has 7 heteroatoms. The maximum Gasteiger partial charge on any atom is 0.242 e. The lowest BCUT2D eigenvalue weighted by Gasteiger charge is -2.30. The lowest BCUT2D eigenvalue weighted by Crippen LogP contribution is -2.45. The van der Waals surface area contributed by atoms with Crippen LogP contribution in [0.1, 0.15) is 37.1 Å². The van der Waals surface area contributed by atoms with Crippen molar-refractivity contribution >= 4 is 17.5 Å². The summed E-state index contributed by atoms with van der Waals surface area (Å²) in [5.74, 6) is 0.436. The van der Waals surface area contributed by atoms with E-state index in [0.717, 1.165) is 43.5 Å². The quantitative estimate of drug-likeness (QED) is 0.521. The van der Waals surface area contributed by atoms with Crippen molar-refractivity contribution in [3.05, 3.63) is 72.0 Å². The highest BCUT2D eigenvalue weighted by Gasteiger charge is 2.24. The van der Waals surface area contributed by atoms with Crippen molar-refractivity contribution < 1.29 is 18.4 Å². The van der Waals surface area contributed by atoms with Gasteiger partial charge in [0, 0.05) is 37.2 Å². The van der Waals surface area contributed by atoms with E-state index in [1.807, 2.05) is 36.1 Å². The largest absolute Gasteiger partial charge is 0.441 e. The number of hydrogen-bond donors (Lipinski definition) is 0. The van der Waals surface area contributed by atoms with Gasteiger partial charge >= 0.3 is 0 Å². The minimum atomic E-state index is -0.320. The number of likely N-dealkylation sites (tertiary alicyclic amines) is 1. The Morgan fingerprint density at radius 1 is 1.03 bits per heavy atom. The first-order valence-corrected chi connectivity index (χ1v) is 11.3. The van der Waals surface area contributed by atoms with E-state index in [1.54, 1.807) is 23.2 Å². The molecule has 0 saturated carbocycles. The zero-order valence-electron chi connectivity index (χ0n) is 18.8. The van der Waals surface area contributed by atoms with Gasteiger partial charge in [-0.1, -0.05) is 17.7 Å². The molecule has 2 amide bonds. The Morgan fingerprint density at radius 2 is 1.73 bits per heavy atom. The van der Waals surface area contributed by atoms with Gasteiger partial charge in [0.15, 0.2) is 11.7 Å². The SMILES string of the molecule is Cc1ccc(N(CC(=O)N2CCCCC2)C(=O)CCc2ncc(-c3ccc(F)cc3)o2)cc1. The zero-order chi connectivity index (χ0) is 23.2. The number of carbonyl (C=O) groups excluding carboxylic acids is 2. The number of aryl methyl sites for hydroxylation is 2. The highest BCUT2D eigenvalue weighted by atomic mass is 19.1. The lowest BCUT2D eigenvalue weighted by atomic mass is 10.1. The van der Waals surface area contributed by atoms with Crippen LogP contribution in [0.15, 0.2) is 59.1 Å². The first kappa shape index (κ1) is 22.7. The Labute approximate surface area is 193 Å². The van der Waals surface area contributed by atoms with Gasteiger partial charge in [0.05, 0.1) is 6.20 Å². The van der Waals surface area contributed by atoms with Crippen molar-refractivity contribution in [3.63, 3.8) is 0 Å². The molecule has 0 spiro atoms. The molecule has 172 valence electrons. The van der Waals surface area contributed by atoms with Gasteiger partial charge in [-0.05, 0) is 62.6 Å². The number of hydrogen-bond acceptors (Lipinski definition) is 4. The Bertz CT molecular complexity index is 1090. The summed E-state index contributed by atoms with van der Waals surface area (Å²) in [4.78, 5) is 33.7. The summed E-state index contributed by atoms with van der Waals surface area (Å²) < 4.78 is 18.9. The molecule has 2 heterocycles. The monoisotopic (exact) mass is 449 g/mol. The predicted molar refractivity (Wildman–Crippen MR) is 124 cm³/mol. The van der Waals surface area contributed by atoms with Crippen LogP contribution in [0, 0.1) is 12.7 Å². The van der Waals surface area contributed by atoms with E-state index in [0.29, 0.717) is 23.8 Å². The molecule has 1 aliphatic heterocycles. The van der Waals surface area contributed by atoms with Gasteiger partial charge in [-0.15, -0.1) is 0 Å². The molecule has 0 aliphatic carbocycles. The number of rotatable bonds is 7. The minimum Gasteiger partial charge on any atom is -0.441 e. The van der Waals surface area contributed by atoms with E-state index in [1.165, 1.54) is 12.1 Å². The number of benzene rings is 2. The third-order valence-corrected chi connectivity index (χ3v) is 5.88. The van der Waals surface area contributed by atoms with Crippen LogP contribution < -0.4 is 4.90 Å². The molecule has 2 aromatic carbocycles. The summed E-state index contributed by atoms with van der Waals surface area (Å²) in [6.45, 7) is 3.50. The lowest BCUT2D eigenvalue weighted by molar-refractivity contribution is -0.132. The van der Waals surface area contributed by atoms with E-state index in [9.17, 15) is 14.0 Å². The van der Waals surface area contributed by atoms with Crippen molar-refractivity contribution in [2.45, 2.75) is 39.0 Å². The average molecular weight is 450 g/mol. The summed E-state index contributed by atoms with van der Waals surface area (Å²) >= 11 is 0. The maximum atomic E-state index is 13.2. The Balaban J connectivity index is 1.44. The first-order valence-electron chi connectivity index (χ1n) is 11.3. The van der Waals surface area contributed by atoms with Crippen molar-refractivity contribution in [1.82, 2.24) is 9.88 Å². The Kier molecular flexibility index (Phi) is 7.17. The van der Waals surface area contributed by atoms with Crippen LogP contribution in [0.4, 0.5) is 10.1 Å². The molecular formula is C26H28FN3O3. The summed E-state index contributed by atoms with van der Waals surface area (Å²) in [5, 5.41) is 0. The number of nitrogens with zero attached hydrogens (tertiary/aromatic N) is 3. The normalized spacial score (nSPS) is 13.7. The zero-order valence-corrected chi connectivity index (χ0v) is 18.8. The van der Waals surface area contributed by atoms with Gasteiger partial charge in [0.2, 0.25) is 11.8 Å². The van der Waals surface area contributed by atoms with E-state index in [2.05, 4.69) is 4.98 Å². The summed E-state index contributed by atoms with van der Waals surface area (Å²) in [7, 11) is 0. The molecule has 1 fully saturated rings. The molecule has 1 aliphatic rings. The van der Waals surface area contributed by atoms with E-state index >= 15 is 0 Å². The molecule has 0 unspecified atom stereocenters. The van der Waals surface area contributed by atoms with Crippen LogP contribution in [-0.2, 0) is 16.0 Å². The summed E-state index contributed by atoms with van der Waals surface area (Å²) in [5.41, 5.74) is 2.51. The van der Waals surface area contributed by atoms with Gasteiger partial charge in [-0.2, -0.15) is 0 Å². The highest BCUT2D eigenvalue weighted by Crippen LogP contribution is 2.22. The van der Waals surface area contributed by atoms with Gasteiger partial charge in [-0.25, -0.2) is 9.37 Å². The fourth-order valence-corrected chi connectivity index (χ4v) is 3.95. The number of piperidine rings is 1. The molecule has 1 saturated heterocycles. The Hall–Kier alpha value is -3.48. The third kappa shape index (κ3) is 5.86. The summed E-state index contributed by atoms with van der Waals surface area (Å²) in [6, 6.07) is 13.6. The van der Waals surface area contributed by atoms with Crippen LogP contribution in [0.2, 0.25) is 0 Å². The number of aromatic nitrogens is 1. The number of oxazole rings is 1. The van der Waals surface area contributed by atoms with Gasteiger partial charge < -0.3 is 14.2 Å². The second kappa shape index (κ2) is 10.4. The van der Waals surface area contributed by atoms with Crippen molar-refractivity contribution in [1.29, 1.82) is 0 Å². The standard InChI is InChI=1S/C26H28FN3O3/c1-19-5-11-22(12-6-19)30(18-26(32)29-15-3-2-4-16-29)25(31)14-13-24-28-17-23(33-24)20-7-9-21(27)10-8-20/h5-12,17H,2-4,13-16,18H2,1H3. The average Bonchev–Trinajstić information content (AvgIpc) is 3.31. The van der Waals surface area contributed by atoms with Crippen molar-refractivity contribution in [2.75, 3.05) is 24.5 Å². The van der Waals surface area contributed by atoms with E-state index < -0.39 is 0 Å². The van der Waals surface area contributed by atoms with Crippen molar-refractivity contribution in [2.24, 2.45) is 0 Å². The molecule has 0 N–H and O–H groups in total. The number of carbonyl (C=O) groups is 2. The van der Waals surface area contributed by atoms with Gasteiger partial charge in [0.25, 0.3) is 0 Å². The van der Waals surface area contributed by atoms with Gasteiger partial charge in [-0.3, -0.25) is 9.59 Å². The molecular weight excluding hydrogens is 421 g/mol. The van der Waals surface area contributed by atoms with Crippen LogP contribution >= 0.6 is 0 Å². The predicted octanol–water partition coefficient (Wildman–Crippen LogP) is 4.77. The molecule has 33 heavy (non-hydrogen) atoms. The molecule has 1 aromatic heterocycles. The van der Waals surface area contributed by atoms with Crippen LogP contribution in [0.25, 0.3) is 11.3 Å². The minimum absolute atomic E-state index is 0.0221. The van der Waals surface area contributed by atoms with Crippen LogP contribution in [0.3, 0.4) is 0 Å². The topological polar surface area (TPSA) is 66.7 Å². The molecule has 6 nitrogen and oxygen atoms in total. The van der Waals surface area contributed by atoms with E-state index in [4.69, 9.17) is 4.42 Å².